The second kappa shape index (κ2) is 6.38. The van der Waals surface area contributed by atoms with E-state index in [9.17, 15) is 14.7 Å². The van der Waals surface area contributed by atoms with E-state index < -0.39 is 11.4 Å². The van der Waals surface area contributed by atoms with Crippen molar-refractivity contribution in [3.8, 4) is 0 Å². The number of urea groups is 1. The number of nitrogens with zero attached hydrogens (tertiary/aromatic N) is 1. The molecule has 0 radical (unpaired) electrons. The van der Waals surface area contributed by atoms with Crippen molar-refractivity contribution in [2.75, 3.05) is 13.1 Å². The molecule has 0 bridgehead atoms. The molecular formula is C17H24N2O3. The number of benzene rings is 1. The molecule has 1 fully saturated rings. The molecule has 1 aliphatic heterocycles. The van der Waals surface area contributed by atoms with E-state index in [0.717, 1.165) is 6.42 Å². The minimum Gasteiger partial charge on any atom is -0.481 e. The number of likely N-dealkylation sites (tertiary alicyclic amines) is 1. The van der Waals surface area contributed by atoms with Crippen molar-refractivity contribution < 1.29 is 14.7 Å². The predicted octanol–water partition coefficient (Wildman–Crippen LogP) is 2.43. The lowest BCUT2D eigenvalue weighted by Gasteiger charge is -2.23. The highest BCUT2D eigenvalue weighted by atomic mass is 16.4. The predicted molar refractivity (Wildman–Crippen MR) is 84.8 cm³/mol. The van der Waals surface area contributed by atoms with Crippen LogP contribution in [0.1, 0.15) is 31.4 Å². The summed E-state index contributed by atoms with van der Waals surface area (Å²) in [5, 5.41) is 12.2. The van der Waals surface area contributed by atoms with Gasteiger partial charge in [0.1, 0.15) is 0 Å². The van der Waals surface area contributed by atoms with E-state index in [1.807, 2.05) is 19.1 Å². The first-order valence-corrected chi connectivity index (χ1v) is 7.65. The van der Waals surface area contributed by atoms with Gasteiger partial charge >= 0.3 is 12.0 Å². The number of carboxylic acid groups (broad SMARTS) is 1. The second-order valence-electron chi connectivity index (χ2n) is 6.52. The van der Waals surface area contributed by atoms with E-state index in [4.69, 9.17) is 0 Å². The Hall–Kier alpha value is -2.04. The zero-order valence-corrected chi connectivity index (χ0v) is 13.4. The van der Waals surface area contributed by atoms with Gasteiger partial charge in [0.15, 0.2) is 0 Å². The third-order valence-electron chi connectivity index (χ3n) is 4.43. The Morgan fingerprint density at radius 1 is 1.41 bits per heavy atom. The lowest BCUT2D eigenvalue weighted by molar-refractivity contribution is -0.146. The summed E-state index contributed by atoms with van der Waals surface area (Å²) in [4.78, 5) is 25.1. The maximum Gasteiger partial charge on any atom is 0.317 e. The minimum atomic E-state index is -0.837. The molecule has 0 saturated carbocycles. The Balaban J connectivity index is 1.90. The molecule has 1 aromatic rings. The monoisotopic (exact) mass is 304 g/mol. The summed E-state index contributed by atoms with van der Waals surface area (Å²) in [6.45, 7) is 6.48. The molecular weight excluding hydrogens is 280 g/mol. The maximum absolute atomic E-state index is 12.3. The molecule has 0 aromatic heterocycles. The highest BCUT2D eigenvalue weighted by Crippen LogP contribution is 2.30. The summed E-state index contributed by atoms with van der Waals surface area (Å²) in [6.07, 6.45) is 1.27. The lowest BCUT2D eigenvalue weighted by Crippen LogP contribution is -2.44. The van der Waals surface area contributed by atoms with E-state index >= 15 is 0 Å². The smallest absolute Gasteiger partial charge is 0.317 e. The van der Waals surface area contributed by atoms with E-state index in [-0.39, 0.29) is 18.6 Å². The van der Waals surface area contributed by atoms with Crippen LogP contribution in [-0.2, 0) is 11.2 Å². The van der Waals surface area contributed by atoms with Crippen molar-refractivity contribution in [1.29, 1.82) is 0 Å². The van der Waals surface area contributed by atoms with Crippen LogP contribution in [0.2, 0.25) is 0 Å². The lowest BCUT2D eigenvalue weighted by atomic mass is 9.90. The first-order valence-electron chi connectivity index (χ1n) is 7.65. The van der Waals surface area contributed by atoms with Crippen LogP contribution in [0.15, 0.2) is 24.3 Å². The van der Waals surface area contributed by atoms with Crippen molar-refractivity contribution in [3.05, 3.63) is 35.4 Å². The van der Waals surface area contributed by atoms with Gasteiger partial charge < -0.3 is 15.3 Å². The number of rotatable bonds is 4. The van der Waals surface area contributed by atoms with Gasteiger partial charge in [-0.1, -0.05) is 24.3 Å². The van der Waals surface area contributed by atoms with Gasteiger partial charge in [-0.05, 0) is 44.7 Å². The zero-order chi connectivity index (χ0) is 16.3. The number of carbonyl (C=O) groups is 2. The molecule has 0 spiro atoms. The molecule has 2 N–H and O–H groups in total. The van der Waals surface area contributed by atoms with Crippen LogP contribution in [0.25, 0.3) is 0 Å². The normalized spacial score (nSPS) is 22.4. The summed E-state index contributed by atoms with van der Waals surface area (Å²) < 4.78 is 0. The number of aliphatic carboxylic acids is 1. The first kappa shape index (κ1) is 16.3. The fourth-order valence-corrected chi connectivity index (χ4v) is 2.83. The number of nitrogens with one attached hydrogen (secondary N) is 1. The molecule has 5 nitrogen and oxygen atoms in total. The van der Waals surface area contributed by atoms with Gasteiger partial charge in [0.25, 0.3) is 0 Å². The van der Waals surface area contributed by atoms with Crippen molar-refractivity contribution in [2.24, 2.45) is 5.41 Å². The number of amides is 2. The van der Waals surface area contributed by atoms with Gasteiger partial charge in [0.05, 0.1) is 5.41 Å². The number of carbonyl (C=O) groups excluding carboxylic acids is 1. The van der Waals surface area contributed by atoms with Crippen molar-refractivity contribution in [3.63, 3.8) is 0 Å². The van der Waals surface area contributed by atoms with Gasteiger partial charge in [-0.25, -0.2) is 4.79 Å². The van der Waals surface area contributed by atoms with Crippen molar-refractivity contribution >= 4 is 12.0 Å². The van der Waals surface area contributed by atoms with Gasteiger partial charge in [-0.15, -0.1) is 0 Å². The van der Waals surface area contributed by atoms with E-state index in [1.54, 1.807) is 11.8 Å². The fraction of sp³-hybridized carbons (Fsp3) is 0.529. The average Bonchev–Trinajstić information content (AvgIpc) is 2.85. The van der Waals surface area contributed by atoms with Crippen LogP contribution < -0.4 is 5.32 Å². The zero-order valence-electron chi connectivity index (χ0n) is 13.4. The highest BCUT2D eigenvalue weighted by molar-refractivity contribution is 5.79. The van der Waals surface area contributed by atoms with E-state index in [2.05, 4.69) is 24.4 Å². The summed E-state index contributed by atoms with van der Waals surface area (Å²) in [5.74, 6) is -0.837. The minimum absolute atomic E-state index is 0.00489. The van der Waals surface area contributed by atoms with E-state index in [0.29, 0.717) is 13.0 Å². The third-order valence-corrected chi connectivity index (χ3v) is 4.43. The number of carboxylic acids is 1. The summed E-state index contributed by atoms with van der Waals surface area (Å²) in [7, 11) is 0. The quantitative estimate of drug-likeness (QED) is 0.897. The molecule has 2 unspecified atom stereocenters. The highest BCUT2D eigenvalue weighted by Gasteiger charge is 2.42. The molecule has 1 saturated heterocycles. The summed E-state index contributed by atoms with van der Waals surface area (Å²) in [6, 6.07) is 7.95. The van der Waals surface area contributed by atoms with Crippen LogP contribution in [0.5, 0.6) is 0 Å². The van der Waals surface area contributed by atoms with Crippen LogP contribution in [0, 0.1) is 12.3 Å². The Labute approximate surface area is 131 Å². The van der Waals surface area contributed by atoms with Crippen molar-refractivity contribution in [2.45, 2.75) is 39.7 Å². The Kier molecular flexibility index (Phi) is 4.74. The van der Waals surface area contributed by atoms with Crippen LogP contribution in [0.4, 0.5) is 4.79 Å². The van der Waals surface area contributed by atoms with Crippen LogP contribution in [-0.4, -0.2) is 41.1 Å². The largest absolute Gasteiger partial charge is 0.481 e. The molecule has 1 aliphatic rings. The van der Waals surface area contributed by atoms with Crippen LogP contribution in [0.3, 0.4) is 0 Å². The Morgan fingerprint density at radius 2 is 2.09 bits per heavy atom. The molecule has 1 heterocycles. The SMILES string of the molecule is Cc1ccccc1CC(C)NC(=O)N1CCC(C)(C(=O)O)C1. The van der Waals surface area contributed by atoms with Gasteiger partial charge in [0.2, 0.25) is 0 Å². The molecule has 0 aliphatic carbocycles. The van der Waals surface area contributed by atoms with Crippen molar-refractivity contribution in [1.82, 2.24) is 10.2 Å². The first-order chi connectivity index (χ1) is 10.3. The Bertz CT molecular complexity index is 573. The standard InChI is InChI=1S/C17H24N2O3/c1-12-6-4-5-7-14(12)10-13(2)18-16(22)19-9-8-17(3,11-19)15(20)21/h4-7,13H,8-11H2,1-3H3,(H,18,22)(H,20,21). The molecule has 2 rings (SSSR count). The number of aryl methyl sites for hydroxylation is 1. The third kappa shape index (κ3) is 3.59. The average molecular weight is 304 g/mol. The summed E-state index contributed by atoms with van der Waals surface area (Å²) >= 11 is 0. The topological polar surface area (TPSA) is 69.6 Å². The van der Waals surface area contributed by atoms with Gasteiger partial charge in [0, 0.05) is 19.1 Å². The second-order valence-corrected chi connectivity index (χ2v) is 6.52. The van der Waals surface area contributed by atoms with E-state index in [1.165, 1.54) is 11.1 Å². The molecule has 22 heavy (non-hydrogen) atoms. The van der Waals surface area contributed by atoms with Gasteiger partial charge in [-0.2, -0.15) is 0 Å². The molecule has 5 heteroatoms. The molecule has 1 aromatic carbocycles. The fourth-order valence-electron chi connectivity index (χ4n) is 2.83. The van der Waals surface area contributed by atoms with Crippen LogP contribution >= 0.6 is 0 Å². The molecule has 2 amide bonds. The summed E-state index contributed by atoms with van der Waals surface area (Å²) in [5.41, 5.74) is 1.60. The molecule has 2 atom stereocenters. The number of hydrogen-bond donors (Lipinski definition) is 2. The number of hydrogen-bond acceptors (Lipinski definition) is 2. The van der Waals surface area contributed by atoms with Gasteiger partial charge in [-0.3, -0.25) is 4.79 Å². The molecule has 120 valence electrons. The maximum atomic E-state index is 12.3. The Morgan fingerprint density at radius 3 is 2.68 bits per heavy atom.